The molecular formula is C24H34N6O2S. The number of carbonyl (C=O) groups excluding carboxylic acids is 1. The SMILES string of the molecule is CC[C@H](C)N(CCNC(=O)c1sc2ncnc(N3CCN(C)CC3)c2c1C)Cc1ccco1. The van der Waals surface area contributed by atoms with Crippen molar-refractivity contribution in [1.82, 2.24) is 25.1 Å². The molecule has 1 aliphatic heterocycles. The number of piperazine rings is 1. The standard InChI is InChI=1S/C24H34N6O2S/c1-5-17(2)30(15-19-7-6-14-32-19)9-8-25-23(31)21-18(3)20-22(26-16-27-24(20)33-21)29-12-10-28(4)11-13-29/h6-7,14,16-17H,5,8-13,15H2,1-4H3,(H,25,31)/t17-/m0/s1. The molecule has 4 rings (SSSR count). The number of nitrogens with zero attached hydrogens (tertiary/aromatic N) is 5. The predicted octanol–water partition coefficient (Wildman–Crippen LogP) is 3.38. The molecule has 0 saturated carbocycles. The largest absolute Gasteiger partial charge is 0.468 e. The third-order valence-corrected chi connectivity index (χ3v) is 7.75. The van der Waals surface area contributed by atoms with Gasteiger partial charge in [-0.15, -0.1) is 11.3 Å². The maximum Gasteiger partial charge on any atom is 0.261 e. The Morgan fingerprint density at radius 2 is 2.09 bits per heavy atom. The average Bonchev–Trinajstić information content (AvgIpc) is 3.46. The van der Waals surface area contributed by atoms with E-state index in [2.05, 4.69) is 50.9 Å². The molecule has 0 spiro atoms. The smallest absolute Gasteiger partial charge is 0.261 e. The molecule has 4 heterocycles. The quantitative estimate of drug-likeness (QED) is 0.514. The molecule has 1 fully saturated rings. The third kappa shape index (κ3) is 5.37. The average molecular weight is 471 g/mol. The Bertz CT molecular complexity index is 1060. The number of carbonyl (C=O) groups is 1. The molecule has 3 aromatic heterocycles. The molecule has 1 saturated heterocycles. The van der Waals surface area contributed by atoms with E-state index < -0.39 is 0 Å². The van der Waals surface area contributed by atoms with Crippen molar-refractivity contribution in [2.75, 3.05) is 51.2 Å². The van der Waals surface area contributed by atoms with Crippen LogP contribution in [-0.2, 0) is 6.54 Å². The number of aromatic nitrogens is 2. The van der Waals surface area contributed by atoms with Gasteiger partial charge in [0.2, 0.25) is 0 Å². The van der Waals surface area contributed by atoms with Crippen LogP contribution in [0.1, 0.15) is 41.3 Å². The van der Waals surface area contributed by atoms with Crippen LogP contribution in [0.5, 0.6) is 0 Å². The van der Waals surface area contributed by atoms with E-state index in [9.17, 15) is 4.79 Å². The summed E-state index contributed by atoms with van der Waals surface area (Å²) in [7, 11) is 2.14. The maximum absolute atomic E-state index is 13.1. The van der Waals surface area contributed by atoms with Crippen LogP contribution in [0, 0.1) is 6.92 Å². The molecule has 1 aliphatic rings. The molecule has 3 aromatic rings. The van der Waals surface area contributed by atoms with Crippen molar-refractivity contribution in [3.05, 3.63) is 40.9 Å². The highest BCUT2D eigenvalue weighted by molar-refractivity contribution is 7.20. The summed E-state index contributed by atoms with van der Waals surface area (Å²) in [5.41, 5.74) is 0.969. The topological polar surface area (TPSA) is 77.7 Å². The molecule has 178 valence electrons. The van der Waals surface area contributed by atoms with Gasteiger partial charge in [-0.1, -0.05) is 6.92 Å². The monoisotopic (exact) mass is 470 g/mol. The van der Waals surface area contributed by atoms with Crippen molar-refractivity contribution in [2.45, 2.75) is 39.8 Å². The molecule has 0 radical (unpaired) electrons. The Hall–Kier alpha value is -2.49. The lowest BCUT2D eigenvalue weighted by molar-refractivity contribution is 0.0945. The van der Waals surface area contributed by atoms with Crippen LogP contribution < -0.4 is 10.2 Å². The predicted molar refractivity (Wildman–Crippen MR) is 133 cm³/mol. The summed E-state index contributed by atoms with van der Waals surface area (Å²) in [5.74, 6) is 1.85. The molecule has 1 amide bonds. The minimum atomic E-state index is -0.0399. The van der Waals surface area contributed by atoms with Crippen molar-refractivity contribution in [3.8, 4) is 0 Å². The Kier molecular flexibility index (Phi) is 7.62. The zero-order valence-electron chi connectivity index (χ0n) is 20.0. The van der Waals surface area contributed by atoms with Crippen LogP contribution in [0.4, 0.5) is 5.82 Å². The molecule has 8 nitrogen and oxygen atoms in total. The van der Waals surface area contributed by atoms with E-state index in [4.69, 9.17) is 4.42 Å². The van der Waals surface area contributed by atoms with Crippen molar-refractivity contribution in [2.24, 2.45) is 0 Å². The lowest BCUT2D eigenvalue weighted by atomic mass is 10.1. The van der Waals surface area contributed by atoms with Gasteiger partial charge in [0, 0.05) is 45.3 Å². The summed E-state index contributed by atoms with van der Waals surface area (Å²) in [6.45, 7) is 12.4. The van der Waals surface area contributed by atoms with Crippen LogP contribution in [0.2, 0.25) is 0 Å². The lowest BCUT2D eigenvalue weighted by Crippen LogP contribution is -2.44. The van der Waals surface area contributed by atoms with Gasteiger partial charge in [0.15, 0.2) is 0 Å². The summed E-state index contributed by atoms with van der Waals surface area (Å²) in [6, 6.07) is 4.31. The number of aryl methyl sites for hydroxylation is 1. The fraction of sp³-hybridized carbons (Fsp3) is 0.542. The molecule has 0 unspecified atom stereocenters. The van der Waals surface area contributed by atoms with E-state index in [0.29, 0.717) is 12.6 Å². The second kappa shape index (κ2) is 10.6. The first kappa shape index (κ1) is 23.7. The van der Waals surface area contributed by atoms with E-state index in [1.54, 1.807) is 12.6 Å². The van der Waals surface area contributed by atoms with Gasteiger partial charge in [0.1, 0.15) is 22.7 Å². The number of nitrogens with one attached hydrogen (secondary N) is 1. The number of amides is 1. The van der Waals surface area contributed by atoms with Crippen molar-refractivity contribution >= 4 is 33.3 Å². The van der Waals surface area contributed by atoms with E-state index >= 15 is 0 Å². The zero-order valence-corrected chi connectivity index (χ0v) is 20.8. The van der Waals surface area contributed by atoms with E-state index in [1.807, 2.05) is 19.1 Å². The zero-order chi connectivity index (χ0) is 23.4. The van der Waals surface area contributed by atoms with Gasteiger partial charge in [-0.2, -0.15) is 0 Å². The van der Waals surface area contributed by atoms with Gasteiger partial charge < -0.3 is 19.5 Å². The number of hydrogen-bond donors (Lipinski definition) is 1. The van der Waals surface area contributed by atoms with Crippen LogP contribution in [0.3, 0.4) is 0 Å². The Morgan fingerprint density at radius 3 is 2.79 bits per heavy atom. The van der Waals surface area contributed by atoms with Crippen molar-refractivity contribution in [3.63, 3.8) is 0 Å². The molecule has 0 aromatic carbocycles. The van der Waals surface area contributed by atoms with Gasteiger partial charge in [0.05, 0.1) is 23.1 Å². The fourth-order valence-corrected chi connectivity index (χ4v) is 5.30. The second-order valence-corrected chi connectivity index (χ2v) is 9.79. The Balaban J connectivity index is 1.44. The fourth-order valence-electron chi connectivity index (χ4n) is 4.24. The van der Waals surface area contributed by atoms with E-state index in [0.717, 1.165) is 77.9 Å². The van der Waals surface area contributed by atoms with Crippen LogP contribution in [-0.4, -0.2) is 78.0 Å². The molecule has 1 atom stereocenters. The Labute approximate surface area is 199 Å². The molecular weight excluding hydrogens is 436 g/mol. The highest BCUT2D eigenvalue weighted by Crippen LogP contribution is 2.35. The molecule has 0 aliphatic carbocycles. The van der Waals surface area contributed by atoms with Gasteiger partial charge >= 0.3 is 0 Å². The number of likely N-dealkylation sites (N-methyl/N-ethyl adjacent to an activating group) is 1. The minimum Gasteiger partial charge on any atom is -0.468 e. The van der Waals surface area contributed by atoms with Crippen LogP contribution in [0.15, 0.2) is 29.1 Å². The third-order valence-electron chi connectivity index (χ3n) is 6.55. The molecule has 33 heavy (non-hydrogen) atoms. The number of thiophene rings is 1. The first-order valence-electron chi connectivity index (χ1n) is 11.7. The highest BCUT2D eigenvalue weighted by atomic mass is 32.1. The highest BCUT2D eigenvalue weighted by Gasteiger charge is 2.24. The van der Waals surface area contributed by atoms with E-state index in [-0.39, 0.29) is 5.91 Å². The normalized spacial score (nSPS) is 16.0. The lowest BCUT2D eigenvalue weighted by Gasteiger charge is -2.33. The molecule has 1 N–H and O–H groups in total. The summed E-state index contributed by atoms with van der Waals surface area (Å²) < 4.78 is 5.53. The van der Waals surface area contributed by atoms with Crippen molar-refractivity contribution in [1.29, 1.82) is 0 Å². The summed E-state index contributed by atoms with van der Waals surface area (Å²) >= 11 is 1.46. The van der Waals surface area contributed by atoms with E-state index in [1.165, 1.54) is 11.3 Å². The maximum atomic E-state index is 13.1. The first-order valence-corrected chi connectivity index (χ1v) is 12.5. The van der Waals surface area contributed by atoms with Crippen LogP contribution in [0.25, 0.3) is 10.2 Å². The number of anilines is 1. The number of hydrogen-bond acceptors (Lipinski definition) is 8. The first-order chi connectivity index (χ1) is 16.0. The second-order valence-electron chi connectivity index (χ2n) is 8.79. The molecule has 0 bridgehead atoms. The van der Waals surface area contributed by atoms with Gasteiger partial charge in [-0.05, 0) is 45.0 Å². The van der Waals surface area contributed by atoms with Gasteiger partial charge in [-0.25, -0.2) is 9.97 Å². The number of rotatable bonds is 9. The minimum absolute atomic E-state index is 0.0399. The van der Waals surface area contributed by atoms with Gasteiger partial charge in [-0.3, -0.25) is 9.69 Å². The number of furan rings is 1. The van der Waals surface area contributed by atoms with Crippen LogP contribution >= 0.6 is 11.3 Å². The van der Waals surface area contributed by atoms with Gasteiger partial charge in [0.25, 0.3) is 5.91 Å². The Morgan fingerprint density at radius 1 is 1.30 bits per heavy atom. The number of fused-ring (bicyclic) bond motifs is 1. The summed E-state index contributed by atoms with van der Waals surface area (Å²) in [4.78, 5) is 30.7. The molecule has 9 heteroatoms. The summed E-state index contributed by atoms with van der Waals surface area (Å²) in [6.07, 6.45) is 4.36. The summed E-state index contributed by atoms with van der Waals surface area (Å²) in [5, 5.41) is 4.14. The van der Waals surface area contributed by atoms with Crippen molar-refractivity contribution < 1.29 is 9.21 Å².